The van der Waals surface area contributed by atoms with Crippen LogP contribution in [0.25, 0.3) is 28.1 Å². The highest BCUT2D eigenvalue weighted by atomic mass is 16.5. The highest BCUT2D eigenvalue weighted by Crippen LogP contribution is 2.29. The van der Waals surface area contributed by atoms with Gasteiger partial charge in [0.1, 0.15) is 11.4 Å². The number of imidazole rings is 2. The summed E-state index contributed by atoms with van der Waals surface area (Å²) >= 11 is 0. The third kappa shape index (κ3) is 4.41. The molecule has 10 nitrogen and oxygen atoms in total. The Morgan fingerprint density at radius 3 is 2.83 bits per heavy atom. The summed E-state index contributed by atoms with van der Waals surface area (Å²) in [6.45, 7) is 1.79. The number of hydrogen-bond donors (Lipinski definition) is 5. The van der Waals surface area contributed by atoms with Gasteiger partial charge in [0, 0.05) is 24.3 Å². The van der Waals surface area contributed by atoms with Crippen molar-refractivity contribution in [2.45, 2.75) is 19.4 Å². The molecule has 0 unspecified atom stereocenters. The Bertz CT molecular complexity index is 1570. The van der Waals surface area contributed by atoms with E-state index in [0.29, 0.717) is 29.2 Å². The van der Waals surface area contributed by atoms with E-state index < -0.39 is 6.04 Å². The number of hydrogen-bond acceptors (Lipinski definition) is 7. The molecule has 5 N–H and O–H groups in total. The minimum Gasteiger partial charge on any atom is -0.504 e. The van der Waals surface area contributed by atoms with Crippen LogP contribution in [-0.2, 0) is 6.42 Å². The number of nitrogens with one attached hydrogen (secondary N) is 3. The number of ether oxygens (including phenoxy) is 1. The Kier molecular flexibility index (Phi) is 6.17. The number of aromatic hydroxyl groups is 1. The molecule has 184 valence electrons. The fourth-order valence-corrected chi connectivity index (χ4v) is 4.30. The highest BCUT2D eigenvalue weighted by Gasteiger charge is 2.19. The van der Waals surface area contributed by atoms with E-state index in [1.54, 1.807) is 43.0 Å². The van der Waals surface area contributed by atoms with Crippen LogP contribution in [0.4, 0.5) is 5.69 Å². The lowest BCUT2D eigenvalue weighted by atomic mass is 10.0. The first kappa shape index (κ1) is 23.2. The van der Waals surface area contributed by atoms with Crippen LogP contribution >= 0.6 is 0 Å². The lowest BCUT2D eigenvalue weighted by molar-refractivity contribution is 0.273. The van der Waals surface area contributed by atoms with Crippen molar-refractivity contribution in [2.24, 2.45) is 0 Å². The number of aromatic amines is 2. The number of aryl methyl sites for hydroxylation is 1. The molecule has 0 fully saturated rings. The smallest absolute Gasteiger partial charge is 0.261 e. The second kappa shape index (κ2) is 9.59. The van der Waals surface area contributed by atoms with Gasteiger partial charge in [-0.15, -0.1) is 0 Å². The highest BCUT2D eigenvalue weighted by molar-refractivity contribution is 5.86. The number of aromatic nitrogens is 5. The molecule has 36 heavy (non-hydrogen) atoms. The molecule has 2 aromatic carbocycles. The quantitative estimate of drug-likeness (QED) is 0.227. The third-order valence-corrected chi connectivity index (χ3v) is 6.07. The summed E-state index contributed by atoms with van der Waals surface area (Å²) in [7, 11) is 1.48. The van der Waals surface area contributed by atoms with Gasteiger partial charge in [-0.25, -0.2) is 9.97 Å². The van der Waals surface area contributed by atoms with E-state index in [1.807, 2.05) is 29.8 Å². The van der Waals surface area contributed by atoms with Crippen molar-refractivity contribution in [3.63, 3.8) is 0 Å². The molecule has 10 heteroatoms. The van der Waals surface area contributed by atoms with Crippen molar-refractivity contribution in [1.82, 2.24) is 24.5 Å². The van der Waals surface area contributed by atoms with Crippen molar-refractivity contribution >= 4 is 16.7 Å². The summed E-state index contributed by atoms with van der Waals surface area (Å²) in [6.07, 6.45) is 7.29. The number of nitrogens with zero attached hydrogens (tertiary/aromatic N) is 3. The molecule has 0 bridgehead atoms. The summed E-state index contributed by atoms with van der Waals surface area (Å²) in [5.74, 6) is 0.819. The maximum Gasteiger partial charge on any atom is 0.261 e. The largest absolute Gasteiger partial charge is 0.504 e. The number of anilines is 1. The normalized spacial score (nSPS) is 12.1. The average Bonchev–Trinajstić information content (AvgIpc) is 3.55. The number of pyridine rings is 1. The van der Waals surface area contributed by atoms with Crippen LogP contribution in [0.1, 0.15) is 11.1 Å². The van der Waals surface area contributed by atoms with Gasteiger partial charge in [0.05, 0.1) is 42.8 Å². The molecule has 5 rings (SSSR count). The van der Waals surface area contributed by atoms with E-state index in [4.69, 9.17) is 9.72 Å². The predicted molar refractivity (Wildman–Crippen MR) is 137 cm³/mol. The predicted octanol–water partition coefficient (Wildman–Crippen LogP) is 3.14. The number of benzene rings is 2. The summed E-state index contributed by atoms with van der Waals surface area (Å²) in [5, 5.41) is 23.2. The van der Waals surface area contributed by atoms with E-state index in [0.717, 1.165) is 27.8 Å². The third-order valence-electron chi connectivity index (χ3n) is 6.07. The Labute approximate surface area is 206 Å². The lowest BCUT2D eigenvalue weighted by Crippen LogP contribution is -2.28. The molecule has 1 atom stereocenters. The Morgan fingerprint density at radius 1 is 1.22 bits per heavy atom. The Hall–Kier alpha value is -4.57. The van der Waals surface area contributed by atoms with Crippen molar-refractivity contribution in [3.8, 4) is 28.6 Å². The van der Waals surface area contributed by atoms with E-state index >= 15 is 0 Å². The number of phenolic OH excluding ortho intramolecular Hbond substituents is 1. The fraction of sp³-hybridized carbons (Fsp3) is 0.192. The minimum atomic E-state index is -0.404. The summed E-state index contributed by atoms with van der Waals surface area (Å²) < 4.78 is 7.09. The topological polar surface area (TPSA) is 141 Å². The Balaban J connectivity index is 1.49. The molecule has 0 aliphatic rings. The van der Waals surface area contributed by atoms with Gasteiger partial charge in [0.25, 0.3) is 5.56 Å². The molecule has 3 aromatic heterocycles. The molecular weight excluding hydrogens is 460 g/mol. The van der Waals surface area contributed by atoms with E-state index in [2.05, 4.69) is 20.3 Å². The van der Waals surface area contributed by atoms with Crippen LogP contribution in [0.5, 0.6) is 11.5 Å². The van der Waals surface area contributed by atoms with Gasteiger partial charge in [-0.3, -0.25) is 4.79 Å². The SMILES string of the molecule is COc1cc(C[C@@H](CO)Nc2cc[nH]c(=O)c2-c2nc3c(C)cc(-n4ccnc4)cc3[nH]2)ccc1O. The molecule has 0 amide bonds. The van der Waals surface area contributed by atoms with Gasteiger partial charge in [-0.1, -0.05) is 6.07 Å². The second-order valence-electron chi connectivity index (χ2n) is 8.54. The van der Waals surface area contributed by atoms with Gasteiger partial charge >= 0.3 is 0 Å². The molecule has 0 saturated carbocycles. The maximum atomic E-state index is 12.9. The first-order valence-corrected chi connectivity index (χ1v) is 11.4. The van der Waals surface area contributed by atoms with Crippen molar-refractivity contribution < 1.29 is 14.9 Å². The summed E-state index contributed by atoms with van der Waals surface area (Å²) in [6, 6.07) is 10.3. The van der Waals surface area contributed by atoms with Crippen LogP contribution in [0.15, 0.2) is 66.1 Å². The van der Waals surface area contributed by atoms with Gasteiger partial charge in [0.2, 0.25) is 0 Å². The number of methoxy groups -OCH3 is 1. The van der Waals surface area contributed by atoms with Gasteiger partial charge in [0.15, 0.2) is 11.5 Å². The van der Waals surface area contributed by atoms with Crippen LogP contribution in [-0.4, -0.2) is 54.5 Å². The van der Waals surface area contributed by atoms with Crippen molar-refractivity contribution in [1.29, 1.82) is 0 Å². The van der Waals surface area contributed by atoms with E-state index in [1.165, 1.54) is 7.11 Å². The van der Waals surface area contributed by atoms with E-state index in [9.17, 15) is 15.0 Å². The number of phenols is 1. The number of aliphatic hydroxyl groups is 1. The molecule has 0 aliphatic carbocycles. The number of fused-ring (bicyclic) bond motifs is 1. The summed E-state index contributed by atoms with van der Waals surface area (Å²) in [5.41, 5.74) is 4.86. The second-order valence-corrected chi connectivity index (χ2v) is 8.54. The van der Waals surface area contributed by atoms with Crippen LogP contribution in [0, 0.1) is 6.92 Å². The summed E-state index contributed by atoms with van der Waals surface area (Å²) in [4.78, 5) is 27.8. The van der Waals surface area contributed by atoms with Gasteiger partial charge in [-0.05, 0) is 54.8 Å². The standard InChI is InChI=1S/C26H26N6O4/c1-15-9-18(32-8-7-27-14-32)12-20-24(15)31-25(30-20)23-19(5-6-28-26(23)35)29-17(13-33)10-16-3-4-21(34)22(11-16)36-2/h3-9,11-12,14,17,33-34H,10,13H2,1-2H3,(H,30,31)(H2,28,29,35)/t17-/m0/s1. The van der Waals surface area contributed by atoms with Crippen molar-refractivity contribution in [2.75, 3.05) is 19.0 Å². The van der Waals surface area contributed by atoms with Crippen LogP contribution in [0.3, 0.4) is 0 Å². The molecule has 5 aromatic rings. The first-order chi connectivity index (χ1) is 17.5. The Morgan fingerprint density at radius 2 is 2.08 bits per heavy atom. The maximum absolute atomic E-state index is 12.9. The van der Waals surface area contributed by atoms with Crippen LogP contribution < -0.4 is 15.6 Å². The zero-order chi connectivity index (χ0) is 25.2. The van der Waals surface area contributed by atoms with E-state index in [-0.39, 0.29) is 17.9 Å². The molecule has 0 radical (unpaired) electrons. The lowest BCUT2D eigenvalue weighted by Gasteiger charge is -2.19. The molecule has 0 saturated heterocycles. The fourth-order valence-electron chi connectivity index (χ4n) is 4.30. The monoisotopic (exact) mass is 486 g/mol. The molecule has 0 aliphatic heterocycles. The molecule has 3 heterocycles. The van der Waals surface area contributed by atoms with Crippen molar-refractivity contribution in [3.05, 3.63) is 82.8 Å². The molecule has 0 spiro atoms. The van der Waals surface area contributed by atoms with Gasteiger partial charge in [-0.2, -0.15) is 0 Å². The molecular formula is C26H26N6O4. The zero-order valence-electron chi connectivity index (χ0n) is 19.8. The average molecular weight is 487 g/mol. The number of H-pyrrole nitrogens is 2. The van der Waals surface area contributed by atoms with Crippen LogP contribution in [0.2, 0.25) is 0 Å². The first-order valence-electron chi connectivity index (χ1n) is 11.4. The number of aliphatic hydroxyl groups excluding tert-OH is 1. The number of rotatable bonds is 8. The van der Waals surface area contributed by atoms with Gasteiger partial charge < -0.3 is 34.8 Å². The zero-order valence-corrected chi connectivity index (χ0v) is 19.8. The minimum absolute atomic E-state index is 0.0445.